The molecular weight excluding hydrogens is 430 g/mol. The lowest BCUT2D eigenvalue weighted by molar-refractivity contribution is 0.0594. The number of hydrogen-bond acceptors (Lipinski definition) is 6. The second kappa shape index (κ2) is 8.70. The molecule has 146 valence electrons. The molecule has 3 rings (SSSR count). The number of carbonyl (C=O) groups is 2. The van der Waals surface area contributed by atoms with Crippen molar-refractivity contribution < 1.29 is 19.1 Å². The zero-order valence-corrected chi connectivity index (χ0v) is 16.8. The van der Waals surface area contributed by atoms with E-state index in [2.05, 4.69) is 31.4 Å². The van der Waals surface area contributed by atoms with Crippen LogP contribution in [-0.4, -0.2) is 38.5 Å². The van der Waals surface area contributed by atoms with Crippen LogP contribution in [0.3, 0.4) is 0 Å². The van der Waals surface area contributed by atoms with Crippen LogP contribution in [-0.2, 0) is 18.0 Å². The van der Waals surface area contributed by atoms with Gasteiger partial charge in [-0.15, -0.1) is 0 Å². The number of carbonyl (C=O) groups excluding carboxylic acids is 2. The molecule has 2 heterocycles. The maximum Gasteiger partial charge on any atom is 0.360 e. The Balaban J connectivity index is 1.66. The first-order valence-corrected chi connectivity index (χ1v) is 9.18. The third-order valence-corrected chi connectivity index (χ3v) is 4.29. The quantitative estimate of drug-likeness (QED) is 0.558. The molecule has 1 amide bonds. The molecule has 9 nitrogen and oxygen atoms in total. The van der Waals surface area contributed by atoms with Crippen LogP contribution in [0.1, 0.15) is 27.9 Å². The van der Waals surface area contributed by atoms with E-state index in [1.807, 2.05) is 31.2 Å². The number of hydrogen-bond donors (Lipinski definition) is 1. The SMILES string of the molecule is CCn1cc(NC(=O)c2ccn(COc3ccc(Br)cc3)n2)c(C(=O)OC)n1. The number of rotatable bonds is 7. The molecule has 0 radical (unpaired) electrons. The van der Waals surface area contributed by atoms with E-state index in [0.29, 0.717) is 12.3 Å². The molecule has 1 aromatic carbocycles. The van der Waals surface area contributed by atoms with Crippen molar-refractivity contribution in [2.45, 2.75) is 20.2 Å². The number of nitrogens with zero attached hydrogens (tertiary/aromatic N) is 4. The molecule has 0 saturated carbocycles. The Morgan fingerprint density at radius 1 is 1.14 bits per heavy atom. The Hall–Kier alpha value is -3.14. The van der Waals surface area contributed by atoms with Gasteiger partial charge in [-0.2, -0.15) is 10.2 Å². The van der Waals surface area contributed by atoms with Gasteiger partial charge in [0.05, 0.1) is 12.8 Å². The first-order valence-electron chi connectivity index (χ1n) is 8.39. The number of amides is 1. The van der Waals surface area contributed by atoms with E-state index < -0.39 is 11.9 Å². The Kier molecular flexibility index (Phi) is 6.09. The summed E-state index contributed by atoms with van der Waals surface area (Å²) < 4.78 is 14.3. The highest BCUT2D eigenvalue weighted by Crippen LogP contribution is 2.17. The lowest BCUT2D eigenvalue weighted by atomic mass is 10.3. The van der Waals surface area contributed by atoms with E-state index in [1.54, 1.807) is 18.5 Å². The van der Waals surface area contributed by atoms with E-state index in [1.165, 1.54) is 16.5 Å². The zero-order valence-electron chi connectivity index (χ0n) is 15.3. The highest BCUT2D eigenvalue weighted by Gasteiger charge is 2.20. The predicted molar refractivity (Wildman–Crippen MR) is 104 cm³/mol. The molecule has 0 saturated heterocycles. The molecule has 28 heavy (non-hydrogen) atoms. The fraction of sp³-hybridized carbons (Fsp3) is 0.222. The minimum Gasteiger partial charge on any atom is -0.471 e. The van der Waals surface area contributed by atoms with E-state index in [9.17, 15) is 9.59 Å². The van der Waals surface area contributed by atoms with Crippen LogP contribution in [0.25, 0.3) is 0 Å². The van der Waals surface area contributed by atoms with Crippen molar-refractivity contribution in [1.29, 1.82) is 0 Å². The van der Waals surface area contributed by atoms with Crippen LogP contribution in [0.15, 0.2) is 47.2 Å². The Morgan fingerprint density at radius 3 is 2.57 bits per heavy atom. The highest BCUT2D eigenvalue weighted by molar-refractivity contribution is 9.10. The summed E-state index contributed by atoms with van der Waals surface area (Å²) >= 11 is 3.36. The van der Waals surface area contributed by atoms with Gasteiger partial charge < -0.3 is 14.8 Å². The minimum atomic E-state index is -0.629. The number of nitrogens with one attached hydrogen (secondary N) is 1. The summed E-state index contributed by atoms with van der Waals surface area (Å²) in [5.74, 6) is -0.418. The maximum absolute atomic E-state index is 12.5. The summed E-state index contributed by atoms with van der Waals surface area (Å²) in [6.45, 7) is 2.56. The van der Waals surface area contributed by atoms with Crippen LogP contribution in [0.5, 0.6) is 5.75 Å². The molecule has 0 unspecified atom stereocenters. The Morgan fingerprint density at radius 2 is 1.89 bits per heavy atom. The van der Waals surface area contributed by atoms with E-state index in [4.69, 9.17) is 9.47 Å². The van der Waals surface area contributed by atoms with Gasteiger partial charge in [0.2, 0.25) is 0 Å². The summed E-state index contributed by atoms with van der Waals surface area (Å²) in [4.78, 5) is 24.3. The number of methoxy groups -OCH3 is 1. The first-order chi connectivity index (χ1) is 13.5. The van der Waals surface area contributed by atoms with Gasteiger partial charge in [-0.3, -0.25) is 9.48 Å². The molecule has 2 aromatic heterocycles. The smallest absolute Gasteiger partial charge is 0.360 e. The second-order valence-corrected chi connectivity index (χ2v) is 6.58. The number of aromatic nitrogens is 4. The van der Waals surface area contributed by atoms with Gasteiger partial charge in [0, 0.05) is 23.4 Å². The van der Waals surface area contributed by atoms with E-state index >= 15 is 0 Å². The van der Waals surface area contributed by atoms with Crippen LogP contribution in [0, 0.1) is 0 Å². The molecule has 0 aliphatic heterocycles. The van der Waals surface area contributed by atoms with Crippen molar-refractivity contribution in [1.82, 2.24) is 19.6 Å². The van der Waals surface area contributed by atoms with E-state index in [0.717, 1.165) is 4.47 Å². The summed E-state index contributed by atoms with van der Waals surface area (Å²) in [6.07, 6.45) is 3.20. The van der Waals surface area contributed by atoms with Gasteiger partial charge in [0.25, 0.3) is 5.91 Å². The minimum absolute atomic E-state index is 0.0377. The van der Waals surface area contributed by atoms with Gasteiger partial charge >= 0.3 is 5.97 Å². The third kappa shape index (κ3) is 4.58. The number of aryl methyl sites for hydroxylation is 1. The largest absolute Gasteiger partial charge is 0.471 e. The number of anilines is 1. The molecule has 0 spiro atoms. The van der Waals surface area contributed by atoms with Crippen molar-refractivity contribution in [2.75, 3.05) is 12.4 Å². The van der Waals surface area contributed by atoms with Crippen LogP contribution < -0.4 is 10.1 Å². The third-order valence-electron chi connectivity index (χ3n) is 3.76. The average Bonchev–Trinajstić information content (AvgIpc) is 3.34. The fourth-order valence-corrected chi connectivity index (χ4v) is 2.60. The zero-order chi connectivity index (χ0) is 20.1. The maximum atomic E-state index is 12.5. The molecule has 0 atom stereocenters. The van der Waals surface area contributed by atoms with Gasteiger partial charge in [-0.05, 0) is 37.3 Å². The molecule has 3 aromatic rings. The normalized spacial score (nSPS) is 10.5. The lowest BCUT2D eigenvalue weighted by Crippen LogP contribution is -2.16. The van der Waals surface area contributed by atoms with E-state index in [-0.39, 0.29) is 23.8 Å². The van der Waals surface area contributed by atoms with Crippen molar-refractivity contribution in [3.05, 3.63) is 58.6 Å². The second-order valence-electron chi connectivity index (χ2n) is 5.66. The average molecular weight is 448 g/mol. The van der Waals surface area contributed by atoms with Crippen molar-refractivity contribution in [3.8, 4) is 5.75 Å². The monoisotopic (exact) mass is 447 g/mol. The molecular formula is C18H18BrN5O4. The van der Waals surface area contributed by atoms with Crippen molar-refractivity contribution in [3.63, 3.8) is 0 Å². The van der Waals surface area contributed by atoms with Crippen LogP contribution in [0.4, 0.5) is 5.69 Å². The highest BCUT2D eigenvalue weighted by atomic mass is 79.9. The lowest BCUT2D eigenvalue weighted by Gasteiger charge is -2.06. The van der Waals surface area contributed by atoms with Gasteiger partial charge in [0.1, 0.15) is 5.75 Å². The summed E-state index contributed by atoms with van der Waals surface area (Å²) in [7, 11) is 1.26. The molecule has 0 aliphatic rings. The number of ether oxygens (including phenoxy) is 2. The number of halogens is 1. The fourth-order valence-electron chi connectivity index (χ4n) is 2.33. The summed E-state index contributed by atoms with van der Waals surface area (Å²) in [6, 6.07) is 8.93. The molecule has 0 bridgehead atoms. The molecule has 0 fully saturated rings. The topological polar surface area (TPSA) is 100 Å². The first kappa shape index (κ1) is 19.6. The summed E-state index contributed by atoms with van der Waals surface area (Å²) in [5.41, 5.74) is 0.481. The van der Waals surface area contributed by atoms with Crippen LogP contribution >= 0.6 is 15.9 Å². The molecule has 1 N–H and O–H groups in total. The summed E-state index contributed by atoms with van der Waals surface area (Å²) in [5, 5.41) is 10.9. The standard InChI is InChI=1S/C18H18BrN5O4/c1-3-23-10-15(16(22-23)18(26)27-2)20-17(25)14-8-9-24(21-14)11-28-13-6-4-12(19)5-7-13/h4-10H,3,11H2,1-2H3,(H,20,25). The predicted octanol–water partition coefficient (Wildman–Crippen LogP) is 2.94. The van der Waals surface area contributed by atoms with Gasteiger partial charge in [0.15, 0.2) is 18.1 Å². The number of esters is 1. The number of benzene rings is 1. The van der Waals surface area contributed by atoms with Crippen LogP contribution in [0.2, 0.25) is 0 Å². The Labute approximate surface area is 169 Å². The van der Waals surface area contributed by atoms with Gasteiger partial charge in [-0.25, -0.2) is 9.48 Å². The van der Waals surface area contributed by atoms with Crippen molar-refractivity contribution in [2.24, 2.45) is 0 Å². The Bertz CT molecular complexity index is 980. The molecule has 10 heteroatoms. The van der Waals surface area contributed by atoms with Gasteiger partial charge in [-0.1, -0.05) is 15.9 Å². The molecule has 0 aliphatic carbocycles. The van der Waals surface area contributed by atoms with Crippen molar-refractivity contribution >= 4 is 33.5 Å².